The van der Waals surface area contributed by atoms with Crippen LogP contribution in [0.4, 0.5) is 5.69 Å². The zero-order valence-electron chi connectivity index (χ0n) is 12.8. The molecule has 0 aromatic heterocycles. The van der Waals surface area contributed by atoms with Gasteiger partial charge in [-0.3, -0.25) is 0 Å². The average molecular weight is 345 g/mol. The predicted octanol–water partition coefficient (Wildman–Crippen LogP) is 2.66. The fourth-order valence-corrected chi connectivity index (χ4v) is 2.59. The number of rotatable bonds is 9. The predicted molar refractivity (Wildman–Crippen MR) is 87.5 cm³/mol. The largest absolute Gasteiger partial charge is 0.383 e. The Morgan fingerprint density at radius 1 is 1.30 bits per heavy atom. The summed E-state index contributed by atoms with van der Waals surface area (Å²) in [6, 6.07) is 6.68. The Morgan fingerprint density at radius 3 is 2.65 bits per heavy atom. The normalized spacial score (nSPS) is 12.4. The Kier molecular flexibility index (Phi) is 8.14. The van der Waals surface area contributed by atoms with Gasteiger partial charge in [0.1, 0.15) is 0 Å². The molecular weight excluding hydrogens is 320 g/mol. The highest BCUT2D eigenvalue weighted by atomic mass is 79.9. The van der Waals surface area contributed by atoms with Crippen LogP contribution in [0, 0.1) is 0 Å². The number of anilines is 1. The summed E-state index contributed by atoms with van der Waals surface area (Å²) in [5, 5.41) is 3.22. The highest BCUT2D eigenvalue weighted by Gasteiger charge is 2.17. The van der Waals surface area contributed by atoms with E-state index in [0.717, 1.165) is 17.6 Å². The van der Waals surface area contributed by atoms with E-state index in [2.05, 4.69) is 51.3 Å². The van der Waals surface area contributed by atoms with Gasteiger partial charge in [0, 0.05) is 43.5 Å². The minimum Gasteiger partial charge on any atom is -0.383 e. The minimum atomic E-state index is 0.292. The maximum absolute atomic E-state index is 5.31. The maximum atomic E-state index is 5.31. The molecule has 0 saturated heterocycles. The minimum absolute atomic E-state index is 0.292. The summed E-state index contributed by atoms with van der Waals surface area (Å²) in [5.74, 6) is 0. The lowest BCUT2D eigenvalue weighted by Gasteiger charge is -2.32. The molecule has 114 valence electrons. The molecule has 1 aromatic rings. The Hall–Kier alpha value is -0.620. The van der Waals surface area contributed by atoms with E-state index in [1.807, 2.05) is 7.05 Å². The van der Waals surface area contributed by atoms with Crippen molar-refractivity contribution in [2.75, 3.05) is 45.9 Å². The maximum Gasteiger partial charge on any atom is 0.0663 e. The quantitative estimate of drug-likeness (QED) is 0.746. The van der Waals surface area contributed by atoms with Crippen LogP contribution < -0.4 is 10.2 Å². The van der Waals surface area contributed by atoms with Crippen LogP contribution in [-0.4, -0.2) is 47.1 Å². The van der Waals surface area contributed by atoms with Crippen molar-refractivity contribution in [1.82, 2.24) is 5.32 Å². The van der Waals surface area contributed by atoms with Crippen molar-refractivity contribution in [2.45, 2.75) is 19.5 Å². The summed E-state index contributed by atoms with van der Waals surface area (Å²) in [4.78, 5) is 2.34. The van der Waals surface area contributed by atoms with Crippen molar-refractivity contribution in [3.63, 3.8) is 0 Å². The first-order valence-corrected chi connectivity index (χ1v) is 7.60. The second-order valence-corrected chi connectivity index (χ2v) is 5.71. The Bertz CT molecular complexity index is 401. The molecule has 0 saturated carbocycles. The summed E-state index contributed by atoms with van der Waals surface area (Å²) < 4.78 is 11.6. The molecule has 0 bridgehead atoms. The lowest BCUT2D eigenvalue weighted by atomic mass is 10.1. The number of hydrogen-bond donors (Lipinski definition) is 1. The van der Waals surface area contributed by atoms with Crippen molar-refractivity contribution in [1.29, 1.82) is 0 Å². The molecule has 1 rings (SSSR count). The summed E-state index contributed by atoms with van der Waals surface area (Å²) in [6.45, 7) is 5.23. The number of ether oxygens (including phenoxy) is 2. The first kappa shape index (κ1) is 17.4. The number of halogens is 1. The molecule has 1 N–H and O–H groups in total. The van der Waals surface area contributed by atoms with E-state index in [0.29, 0.717) is 19.3 Å². The Balaban J connectivity index is 3.06. The van der Waals surface area contributed by atoms with Crippen LogP contribution >= 0.6 is 15.9 Å². The van der Waals surface area contributed by atoms with E-state index >= 15 is 0 Å². The first-order chi connectivity index (χ1) is 9.63. The van der Waals surface area contributed by atoms with Gasteiger partial charge in [-0.05, 0) is 31.7 Å². The van der Waals surface area contributed by atoms with Gasteiger partial charge in [0.25, 0.3) is 0 Å². The van der Waals surface area contributed by atoms with Crippen LogP contribution in [0.2, 0.25) is 0 Å². The molecule has 0 fully saturated rings. The van der Waals surface area contributed by atoms with Crippen LogP contribution in [0.25, 0.3) is 0 Å². The van der Waals surface area contributed by atoms with Gasteiger partial charge in [0.05, 0.1) is 13.2 Å². The summed E-state index contributed by atoms with van der Waals surface area (Å²) in [7, 11) is 5.43. The monoisotopic (exact) mass is 344 g/mol. The lowest BCUT2D eigenvalue weighted by Crippen LogP contribution is -2.39. The molecular formula is C15H25BrN2O2. The van der Waals surface area contributed by atoms with Crippen molar-refractivity contribution in [3.8, 4) is 0 Å². The van der Waals surface area contributed by atoms with Gasteiger partial charge in [-0.1, -0.05) is 22.0 Å². The third kappa shape index (κ3) is 5.05. The van der Waals surface area contributed by atoms with Gasteiger partial charge in [-0.15, -0.1) is 0 Å². The zero-order valence-corrected chi connectivity index (χ0v) is 14.4. The average Bonchev–Trinajstić information content (AvgIpc) is 2.42. The third-order valence-electron chi connectivity index (χ3n) is 3.20. The van der Waals surface area contributed by atoms with Crippen molar-refractivity contribution in [3.05, 3.63) is 28.2 Å². The van der Waals surface area contributed by atoms with Crippen molar-refractivity contribution < 1.29 is 9.47 Å². The van der Waals surface area contributed by atoms with Gasteiger partial charge in [0.2, 0.25) is 0 Å². The highest BCUT2D eigenvalue weighted by molar-refractivity contribution is 9.10. The highest BCUT2D eigenvalue weighted by Crippen LogP contribution is 2.27. The van der Waals surface area contributed by atoms with Crippen LogP contribution in [0.15, 0.2) is 22.7 Å². The summed E-state index contributed by atoms with van der Waals surface area (Å²) >= 11 is 3.56. The Morgan fingerprint density at radius 2 is 2.05 bits per heavy atom. The topological polar surface area (TPSA) is 33.7 Å². The summed E-state index contributed by atoms with van der Waals surface area (Å²) in [5.41, 5.74) is 2.49. The SMILES string of the molecule is CNCc1ccc(Br)cc1N(CCOC)C(C)COC. The van der Waals surface area contributed by atoms with E-state index in [9.17, 15) is 0 Å². The number of benzene rings is 1. The van der Waals surface area contributed by atoms with Crippen molar-refractivity contribution >= 4 is 21.6 Å². The van der Waals surface area contributed by atoms with Gasteiger partial charge in [0.15, 0.2) is 0 Å². The number of methoxy groups -OCH3 is 2. The third-order valence-corrected chi connectivity index (χ3v) is 3.69. The van der Waals surface area contributed by atoms with E-state index in [1.54, 1.807) is 14.2 Å². The molecule has 0 aliphatic rings. The van der Waals surface area contributed by atoms with Gasteiger partial charge in [-0.25, -0.2) is 0 Å². The zero-order chi connectivity index (χ0) is 15.0. The fraction of sp³-hybridized carbons (Fsp3) is 0.600. The first-order valence-electron chi connectivity index (χ1n) is 6.81. The molecule has 0 heterocycles. The molecule has 20 heavy (non-hydrogen) atoms. The molecule has 1 atom stereocenters. The van der Waals surface area contributed by atoms with Crippen LogP contribution in [0.3, 0.4) is 0 Å². The molecule has 0 aliphatic carbocycles. The summed E-state index contributed by atoms with van der Waals surface area (Å²) in [6.07, 6.45) is 0. The van der Waals surface area contributed by atoms with E-state index < -0.39 is 0 Å². The van der Waals surface area contributed by atoms with Gasteiger partial charge >= 0.3 is 0 Å². The molecule has 0 aliphatic heterocycles. The van der Waals surface area contributed by atoms with Crippen molar-refractivity contribution in [2.24, 2.45) is 0 Å². The molecule has 4 nitrogen and oxygen atoms in total. The number of nitrogens with one attached hydrogen (secondary N) is 1. The Labute approximate surface area is 130 Å². The molecule has 0 spiro atoms. The second-order valence-electron chi connectivity index (χ2n) is 4.79. The molecule has 5 heteroatoms. The number of hydrogen-bond acceptors (Lipinski definition) is 4. The second kappa shape index (κ2) is 9.34. The standard InChI is InChI=1S/C15H25BrN2O2/c1-12(11-20-4)18(7-8-19-3)15-9-14(16)6-5-13(15)10-17-2/h5-6,9,12,17H,7-8,10-11H2,1-4H3. The van der Waals surface area contributed by atoms with E-state index in [1.165, 1.54) is 11.3 Å². The smallest absolute Gasteiger partial charge is 0.0663 e. The fourth-order valence-electron chi connectivity index (χ4n) is 2.24. The lowest BCUT2D eigenvalue weighted by molar-refractivity contribution is 0.171. The van der Waals surface area contributed by atoms with Crippen LogP contribution in [0.5, 0.6) is 0 Å². The van der Waals surface area contributed by atoms with Crippen LogP contribution in [-0.2, 0) is 16.0 Å². The van der Waals surface area contributed by atoms with E-state index in [-0.39, 0.29) is 0 Å². The van der Waals surface area contributed by atoms with Crippen LogP contribution in [0.1, 0.15) is 12.5 Å². The van der Waals surface area contributed by atoms with Gasteiger partial charge in [-0.2, -0.15) is 0 Å². The molecule has 1 unspecified atom stereocenters. The number of nitrogens with zero attached hydrogens (tertiary/aromatic N) is 1. The molecule has 0 amide bonds. The van der Waals surface area contributed by atoms with E-state index in [4.69, 9.17) is 9.47 Å². The van der Waals surface area contributed by atoms with Gasteiger partial charge < -0.3 is 19.7 Å². The molecule has 0 radical (unpaired) electrons. The molecule has 1 aromatic carbocycles.